The Hall–Kier alpha value is -4.32. The lowest BCUT2D eigenvalue weighted by atomic mass is 9.94. The van der Waals surface area contributed by atoms with E-state index < -0.39 is 17.7 Å². The summed E-state index contributed by atoms with van der Waals surface area (Å²) in [5.74, 6) is -1.53. The van der Waals surface area contributed by atoms with E-state index in [-0.39, 0.29) is 11.3 Å². The molecule has 2 N–H and O–H groups in total. The Bertz CT molecular complexity index is 1480. The number of anilines is 2. The van der Waals surface area contributed by atoms with Crippen molar-refractivity contribution < 1.29 is 14.7 Å². The SMILES string of the molecule is CCN(CC)c1ccc(C2/C(=C(/O)c3c[nH]c4ccccc34)C(=O)C(=O)N2c2cccc(C)c2)cc1. The van der Waals surface area contributed by atoms with Crippen LogP contribution in [0.4, 0.5) is 11.4 Å². The summed E-state index contributed by atoms with van der Waals surface area (Å²) in [5, 5.41) is 12.3. The molecule has 3 aromatic carbocycles. The number of aromatic amines is 1. The van der Waals surface area contributed by atoms with Gasteiger partial charge in [-0.1, -0.05) is 42.5 Å². The number of H-pyrrole nitrogens is 1. The van der Waals surface area contributed by atoms with E-state index in [9.17, 15) is 14.7 Å². The number of carbonyl (C=O) groups excluding carboxylic acids is 2. The predicted octanol–water partition coefficient (Wildman–Crippen LogP) is 5.95. The van der Waals surface area contributed by atoms with Gasteiger partial charge in [0.2, 0.25) is 0 Å². The van der Waals surface area contributed by atoms with E-state index in [1.807, 2.05) is 79.7 Å². The number of benzene rings is 3. The molecule has 1 saturated heterocycles. The van der Waals surface area contributed by atoms with Crippen LogP contribution in [0, 0.1) is 6.92 Å². The lowest BCUT2D eigenvalue weighted by Crippen LogP contribution is -2.29. The minimum atomic E-state index is -0.758. The highest BCUT2D eigenvalue weighted by atomic mass is 16.3. The van der Waals surface area contributed by atoms with Crippen LogP contribution in [0.1, 0.15) is 36.6 Å². The van der Waals surface area contributed by atoms with Gasteiger partial charge >= 0.3 is 0 Å². The Morgan fingerprint density at radius 3 is 2.39 bits per heavy atom. The third-order valence-corrected chi connectivity index (χ3v) is 6.91. The normalized spacial score (nSPS) is 17.2. The van der Waals surface area contributed by atoms with Crippen LogP contribution in [-0.4, -0.2) is 34.9 Å². The molecule has 6 heteroatoms. The van der Waals surface area contributed by atoms with Crippen molar-refractivity contribution in [3.05, 3.63) is 101 Å². The third kappa shape index (κ3) is 3.85. The molecule has 2 heterocycles. The second-order valence-corrected chi connectivity index (χ2v) is 9.02. The fraction of sp³-hybridized carbons (Fsp3) is 0.200. The summed E-state index contributed by atoms with van der Waals surface area (Å²) in [7, 11) is 0. The largest absolute Gasteiger partial charge is 0.507 e. The average Bonchev–Trinajstić information content (AvgIpc) is 3.44. The highest BCUT2D eigenvalue weighted by Crippen LogP contribution is 2.43. The van der Waals surface area contributed by atoms with Gasteiger partial charge in [-0.3, -0.25) is 14.5 Å². The van der Waals surface area contributed by atoms with Crippen molar-refractivity contribution in [1.29, 1.82) is 0 Å². The fourth-order valence-electron chi connectivity index (χ4n) is 5.06. The minimum absolute atomic E-state index is 0.0850. The van der Waals surface area contributed by atoms with Crippen LogP contribution < -0.4 is 9.80 Å². The van der Waals surface area contributed by atoms with E-state index in [4.69, 9.17) is 0 Å². The van der Waals surface area contributed by atoms with Crippen molar-refractivity contribution in [2.45, 2.75) is 26.8 Å². The molecule has 0 spiro atoms. The number of nitrogens with one attached hydrogen (secondary N) is 1. The Morgan fingerprint density at radius 2 is 1.69 bits per heavy atom. The average molecular weight is 480 g/mol. The van der Waals surface area contributed by atoms with Crippen molar-refractivity contribution in [2.75, 3.05) is 22.9 Å². The Kier molecular flexibility index (Phi) is 6.10. The van der Waals surface area contributed by atoms with Crippen molar-refractivity contribution in [3.8, 4) is 0 Å². The first kappa shape index (κ1) is 23.4. The number of aryl methyl sites for hydroxylation is 1. The van der Waals surface area contributed by atoms with Crippen molar-refractivity contribution in [2.24, 2.45) is 0 Å². The van der Waals surface area contributed by atoms with Gasteiger partial charge in [-0.25, -0.2) is 0 Å². The number of aliphatic hydroxyl groups excluding tert-OH is 1. The molecule has 1 amide bonds. The molecule has 6 nitrogen and oxygen atoms in total. The number of amides is 1. The first-order valence-corrected chi connectivity index (χ1v) is 12.2. The standard InChI is InChI=1S/C30H29N3O3/c1-4-32(5-2)21-15-13-20(14-16-21)27-26(28(34)24-18-31-25-12-7-6-11-23(24)25)29(35)30(36)33(27)22-10-8-9-19(3)17-22/h6-18,27,31,34H,4-5H2,1-3H3/b28-26-. The number of hydrogen-bond donors (Lipinski definition) is 2. The monoisotopic (exact) mass is 479 g/mol. The van der Waals surface area contributed by atoms with Gasteiger partial charge in [0.05, 0.1) is 11.6 Å². The summed E-state index contributed by atoms with van der Waals surface area (Å²) < 4.78 is 0. The second-order valence-electron chi connectivity index (χ2n) is 9.02. The summed E-state index contributed by atoms with van der Waals surface area (Å²) in [6.45, 7) is 7.90. The number of ketones is 1. The molecule has 4 aromatic rings. The van der Waals surface area contributed by atoms with Crippen LogP contribution in [-0.2, 0) is 9.59 Å². The van der Waals surface area contributed by atoms with Gasteiger partial charge in [0.1, 0.15) is 5.76 Å². The van der Waals surface area contributed by atoms with E-state index in [0.717, 1.165) is 40.8 Å². The molecule has 0 saturated carbocycles. The van der Waals surface area contributed by atoms with Crippen molar-refractivity contribution in [3.63, 3.8) is 0 Å². The highest BCUT2D eigenvalue weighted by Gasteiger charge is 2.47. The molecular weight excluding hydrogens is 450 g/mol. The van der Waals surface area contributed by atoms with Gasteiger partial charge < -0.3 is 15.0 Å². The number of nitrogens with zero attached hydrogens (tertiary/aromatic N) is 2. The number of aliphatic hydroxyl groups is 1. The molecular formula is C30H29N3O3. The van der Waals surface area contributed by atoms with Gasteiger partial charge in [-0.2, -0.15) is 0 Å². The second kappa shape index (κ2) is 9.38. The first-order chi connectivity index (χ1) is 17.4. The van der Waals surface area contributed by atoms with E-state index in [1.165, 1.54) is 4.90 Å². The zero-order valence-corrected chi connectivity index (χ0v) is 20.7. The molecule has 0 bridgehead atoms. The molecule has 1 unspecified atom stereocenters. The number of fused-ring (bicyclic) bond motifs is 1. The van der Waals surface area contributed by atoms with Crippen molar-refractivity contribution in [1.82, 2.24) is 4.98 Å². The molecule has 1 aliphatic heterocycles. The summed E-state index contributed by atoms with van der Waals surface area (Å²) in [5.41, 5.74) is 4.84. The Morgan fingerprint density at radius 1 is 0.972 bits per heavy atom. The zero-order chi connectivity index (χ0) is 25.4. The molecule has 182 valence electrons. The van der Waals surface area contributed by atoms with E-state index in [2.05, 4.69) is 23.7 Å². The predicted molar refractivity (Wildman–Crippen MR) is 144 cm³/mol. The van der Waals surface area contributed by atoms with Gasteiger partial charge in [0.15, 0.2) is 0 Å². The van der Waals surface area contributed by atoms with Gasteiger partial charge in [0, 0.05) is 47.1 Å². The topological polar surface area (TPSA) is 76.6 Å². The fourth-order valence-corrected chi connectivity index (χ4v) is 5.06. The molecule has 0 radical (unpaired) electrons. The summed E-state index contributed by atoms with van der Waals surface area (Å²) in [6.07, 6.45) is 1.68. The lowest BCUT2D eigenvalue weighted by molar-refractivity contribution is -0.132. The molecule has 0 aliphatic carbocycles. The molecule has 36 heavy (non-hydrogen) atoms. The molecule has 1 atom stereocenters. The number of rotatable bonds is 6. The van der Waals surface area contributed by atoms with Crippen LogP contribution in [0.3, 0.4) is 0 Å². The van der Waals surface area contributed by atoms with Crippen LogP contribution in [0.25, 0.3) is 16.7 Å². The smallest absolute Gasteiger partial charge is 0.300 e. The number of Topliss-reactive ketones (excluding diaryl/α,β-unsaturated/α-hetero) is 1. The number of hydrogen-bond acceptors (Lipinski definition) is 4. The maximum Gasteiger partial charge on any atom is 0.300 e. The maximum atomic E-state index is 13.5. The number of para-hydroxylation sites is 1. The molecule has 1 fully saturated rings. The van der Waals surface area contributed by atoms with Crippen LogP contribution >= 0.6 is 0 Å². The number of carbonyl (C=O) groups is 2. The van der Waals surface area contributed by atoms with Crippen LogP contribution in [0.15, 0.2) is 84.6 Å². The van der Waals surface area contributed by atoms with E-state index >= 15 is 0 Å². The zero-order valence-electron chi connectivity index (χ0n) is 20.7. The van der Waals surface area contributed by atoms with Crippen LogP contribution in [0.5, 0.6) is 0 Å². The summed E-state index contributed by atoms with van der Waals surface area (Å²) in [6, 6.07) is 22.2. The highest BCUT2D eigenvalue weighted by molar-refractivity contribution is 6.51. The van der Waals surface area contributed by atoms with E-state index in [0.29, 0.717) is 11.3 Å². The number of aromatic nitrogens is 1. The molecule has 1 aliphatic rings. The Balaban J connectivity index is 1.71. The van der Waals surface area contributed by atoms with Gasteiger partial charge in [-0.15, -0.1) is 0 Å². The van der Waals surface area contributed by atoms with Crippen LogP contribution in [0.2, 0.25) is 0 Å². The first-order valence-electron chi connectivity index (χ1n) is 12.2. The van der Waals surface area contributed by atoms with E-state index in [1.54, 1.807) is 6.20 Å². The quantitative estimate of drug-likeness (QED) is 0.204. The molecule has 1 aromatic heterocycles. The summed E-state index contributed by atoms with van der Waals surface area (Å²) >= 11 is 0. The van der Waals surface area contributed by atoms with Gasteiger partial charge in [-0.05, 0) is 62.2 Å². The lowest BCUT2D eigenvalue weighted by Gasteiger charge is -2.27. The third-order valence-electron chi connectivity index (χ3n) is 6.91. The maximum absolute atomic E-state index is 13.5. The minimum Gasteiger partial charge on any atom is -0.507 e. The summed E-state index contributed by atoms with van der Waals surface area (Å²) in [4.78, 5) is 33.8. The van der Waals surface area contributed by atoms with Crippen molar-refractivity contribution >= 4 is 39.7 Å². The molecule has 5 rings (SSSR count). The Labute approximate surface area is 210 Å². The van der Waals surface area contributed by atoms with Gasteiger partial charge in [0.25, 0.3) is 11.7 Å².